The fourth-order valence-electron chi connectivity index (χ4n) is 2.78. The number of ether oxygens (including phenoxy) is 2. The van der Waals surface area contributed by atoms with Gasteiger partial charge in [0.25, 0.3) is 0 Å². The van der Waals surface area contributed by atoms with Gasteiger partial charge in [-0.05, 0) is 26.7 Å². The number of rotatable bonds is 2. The van der Waals surface area contributed by atoms with Crippen LogP contribution in [0.25, 0.3) is 0 Å². The molecule has 4 nitrogen and oxygen atoms in total. The van der Waals surface area contributed by atoms with E-state index in [9.17, 15) is 0 Å². The first kappa shape index (κ1) is 15.8. The zero-order chi connectivity index (χ0) is 14.2. The largest absolute Gasteiger partial charge is 0.377 e. The molecule has 2 heterocycles. The first-order valence-electron chi connectivity index (χ1n) is 7.87. The summed E-state index contributed by atoms with van der Waals surface area (Å²) in [5.74, 6) is 6.65. The minimum Gasteiger partial charge on any atom is -0.377 e. The van der Waals surface area contributed by atoms with E-state index in [-0.39, 0.29) is 0 Å². The lowest BCUT2D eigenvalue weighted by Crippen LogP contribution is -2.31. The summed E-state index contributed by atoms with van der Waals surface area (Å²) in [6.07, 6.45) is 2.91. The highest BCUT2D eigenvalue weighted by molar-refractivity contribution is 5.03. The van der Waals surface area contributed by atoms with E-state index in [1.165, 1.54) is 0 Å². The van der Waals surface area contributed by atoms with Crippen molar-refractivity contribution in [3.8, 4) is 11.8 Å². The standard InChI is InChI=1S/C16H28N2O2/c1-15-13-17(9-5-11-19-15)7-3-4-8-18-10-6-12-20-16(2)14-18/h15-16H,5-14H2,1-2H3/t15-,16-/m0/s1. The molecule has 2 rings (SSSR count). The minimum atomic E-state index is 0.336. The lowest BCUT2D eigenvalue weighted by Gasteiger charge is -2.19. The summed E-state index contributed by atoms with van der Waals surface area (Å²) in [7, 11) is 0. The molecular weight excluding hydrogens is 252 g/mol. The van der Waals surface area contributed by atoms with Gasteiger partial charge in [-0.3, -0.25) is 9.80 Å². The smallest absolute Gasteiger partial charge is 0.0674 e. The van der Waals surface area contributed by atoms with Crippen molar-refractivity contribution in [3.63, 3.8) is 0 Å². The summed E-state index contributed by atoms with van der Waals surface area (Å²) in [4.78, 5) is 4.80. The van der Waals surface area contributed by atoms with Crippen LogP contribution in [0.15, 0.2) is 0 Å². The molecule has 2 aliphatic heterocycles. The number of hydrogen-bond acceptors (Lipinski definition) is 4. The molecular formula is C16H28N2O2. The van der Waals surface area contributed by atoms with E-state index in [4.69, 9.17) is 9.47 Å². The van der Waals surface area contributed by atoms with E-state index in [1.807, 2.05) is 0 Å². The molecule has 20 heavy (non-hydrogen) atoms. The van der Waals surface area contributed by atoms with Crippen molar-refractivity contribution in [3.05, 3.63) is 0 Å². The van der Waals surface area contributed by atoms with Gasteiger partial charge in [-0.2, -0.15) is 0 Å². The van der Waals surface area contributed by atoms with Crippen LogP contribution in [-0.4, -0.2) is 74.5 Å². The van der Waals surface area contributed by atoms with Gasteiger partial charge >= 0.3 is 0 Å². The Kier molecular flexibility index (Phi) is 6.81. The van der Waals surface area contributed by atoms with Gasteiger partial charge < -0.3 is 9.47 Å². The topological polar surface area (TPSA) is 24.9 Å². The Hall–Kier alpha value is -0.600. The van der Waals surface area contributed by atoms with E-state index in [1.54, 1.807) is 0 Å². The Balaban J connectivity index is 1.70. The first-order valence-corrected chi connectivity index (χ1v) is 7.87. The van der Waals surface area contributed by atoms with Crippen LogP contribution >= 0.6 is 0 Å². The third-order valence-electron chi connectivity index (χ3n) is 3.80. The van der Waals surface area contributed by atoms with Crippen LogP contribution in [0.1, 0.15) is 26.7 Å². The molecule has 0 radical (unpaired) electrons. The van der Waals surface area contributed by atoms with E-state index >= 15 is 0 Å². The molecule has 0 aromatic heterocycles. The predicted octanol–water partition coefficient (Wildman–Crippen LogP) is 1.21. The van der Waals surface area contributed by atoms with Gasteiger partial charge in [0.05, 0.1) is 25.3 Å². The third-order valence-corrected chi connectivity index (χ3v) is 3.80. The lowest BCUT2D eigenvalue weighted by atomic mass is 10.3. The van der Waals surface area contributed by atoms with Crippen molar-refractivity contribution in [2.75, 3.05) is 52.5 Å². The maximum absolute atomic E-state index is 5.65. The average Bonchev–Trinajstić information content (AvgIpc) is 2.75. The molecule has 0 amide bonds. The van der Waals surface area contributed by atoms with Crippen LogP contribution in [-0.2, 0) is 9.47 Å². The zero-order valence-corrected chi connectivity index (χ0v) is 12.9. The first-order chi connectivity index (χ1) is 9.74. The number of nitrogens with zero attached hydrogens (tertiary/aromatic N) is 2. The summed E-state index contributed by atoms with van der Waals surface area (Å²) in [5.41, 5.74) is 0. The van der Waals surface area contributed by atoms with Crippen molar-refractivity contribution in [2.24, 2.45) is 0 Å². The second-order valence-electron chi connectivity index (χ2n) is 5.89. The van der Waals surface area contributed by atoms with Gasteiger partial charge in [-0.25, -0.2) is 0 Å². The molecule has 114 valence electrons. The monoisotopic (exact) mass is 280 g/mol. The SMILES string of the molecule is C[C@H]1CN(CC#CCN2CCCO[C@@H](C)C2)CCCO1. The normalized spacial score (nSPS) is 30.1. The highest BCUT2D eigenvalue weighted by Crippen LogP contribution is 2.05. The molecule has 2 saturated heterocycles. The Labute approximate surface area is 123 Å². The minimum absolute atomic E-state index is 0.336. The number of hydrogen-bond donors (Lipinski definition) is 0. The molecule has 0 aromatic rings. The summed E-state index contributed by atoms with van der Waals surface area (Å²) >= 11 is 0. The third kappa shape index (κ3) is 5.80. The molecule has 0 aromatic carbocycles. The van der Waals surface area contributed by atoms with Crippen molar-refractivity contribution in [2.45, 2.75) is 38.9 Å². The van der Waals surface area contributed by atoms with Crippen molar-refractivity contribution in [1.29, 1.82) is 0 Å². The quantitative estimate of drug-likeness (QED) is 0.710. The average molecular weight is 280 g/mol. The van der Waals surface area contributed by atoms with Gasteiger partial charge in [0.2, 0.25) is 0 Å². The van der Waals surface area contributed by atoms with Crippen LogP contribution in [0.4, 0.5) is 0 Å². The Bertz CT molecular complexity index is 307. The van der Waals surface area contributed by atoms with Crippen LogP contribution in [0.3, 0.4) is 0 Å². The molecule has 2 atom stereocenters. The van der Waals surface area contributed by atoms with Crippen LogP contribution < -0.4 is 0 Å². The van der Waals surface area contributed by atoms with E-state index < -0.39 is 0 Å². The maximum Gasteiger partial charge on any atom is 0.0674 e. The summed E-state index contributed by atoms with van der Waals surface area (Å²) in [6.45, 7) is 12.0. The van der Waals surface area contributed by atoms with Gasteiger partial charge in [-0.1, -0.05) is 11.8 Å². The van der Waals surface area contributed by atoms with Gasteiger partial charge in [0.15, 0.2) is 0 Å². The predicted molar refractivity (Wildman–Crippen MR) is 80.7 cm³/mol. The van der Waals surface area contributed by atoms with Crippen molar-refractivity contribution >= 4 is 0 Å². The summed E-state index contributed by atoms with van der Waals surface area (Å²) < 4.78 is 11.3. The molecule has 0 bridgehead atoms. The summed E-state index contributed by atoms with van der Waals surface area (Å²) in [6, 6.07) is 0. The van der Waals surface area contributed by atoms with Crippen LogP contribution in [0.2, 0.25) is 0 Å². The van der Waals surface area contributed by atoms with Crippen molar-refractivity contribution < 1.29 is 9.47 Å². The molecule has 0 spiro atoms. The molecule has 0 N–H and O–H groups in total. The van der Waals surface area contributed by atoms with Crippen LogP contribution in [0, 0.1) is 11.8 Å². The fraction of sp³-hybridized carbons (Fsp3) is 0.875. The second-order valence-corrected chi connectivity index (χ2v) is 5.89. The van der Waals surface area contributed by atoms with Crippen LogP contribution in [0.5, 0.6) is 0 Å². The van der Waals surface area contributed by atoms with E-state index in [0.29, 0.717) is 12.2 Å². The zero-order valence-electron chi connectivity index (χ0n) is 12.9. The van der Waals surface area contributed by atoms with E-state index in [2.05, 4.69) is 35.5 Å². The van der Waals surface area contributed by atoms with Gasteiger partial charge in [-0.15, -0.1) is 0 Å². The Morgan fingerprint density at radius 3 is 1.75 bits per heavy atom. The fourth-order valence-corrected chi connectivity index (χ4v) is 2.78. The maximum atomic E-state index is 5.65. The molecule has 2 aliphatic rings. The molecule has 0 aliphatic carbocycles. The Morgan fingerprint density at radius 2 is 1.30 bits per heavy atom. The second kappa shape index (κ2) is 8.63. The highest BCUT2D eigenvalue weighted by atomic mass is 16.5. The lowest BCUT2D eigenvalue weighted by molar-refractivity contribution is 0.0690. The molecule has 4 heteroatoms. The Morgan fingerprint density at radius 1 is 0.850 bits per heavy atom. The molecule has 0 unspecified atom stereocenters. The van der Waals surface area contributed by atoms with Gasteiger partial charge in [0.1, 0.15) is 0 Å². The van der Waals surface area contributed by atoms with E-state index in [0.717, 1.165) is 65.3 Å². The van der Waals surface area contributed by atoms with Crippen molar-refractivity contribution in [1.82, 2.24) is 9.80 Å². The van der Waals surface area contributed by atoms with Gasteiger partial charge in [0, 0.05) is 39.4 Å². The summed E-state index contributed by atoms with van der Waals surface area (Å²) in [5, 5.41) is 0. The highest BCUT2D eigenvalue weighted by Gasteiger charge is 2.14. The molecule has 2 fully saturated rings. The molecule has 0 saturated carbocycles.